The molecule has 0 aliphatic carbocycles. The summed E-state index contributed by atoms with van der Waals surface area (Å²) in [6.07, 6.45) is 2.83. The minimum atomic E-state index is 0.0180. The summed E-state index contributed by atoms with van der Waals surface area (Å²) < 4.78 is 13.3. The second-order valence-corrected chi connectivity index (χ2v) is 5.54. The standard InChI is InChI=1S/C18H18N2O3/c1-2-14-18(19-17-9-12(11-21)5-6-20(14)17)13-3-4-15-16(10-13)23-8-7-22-15/h3-6,9-10,21H,2,7-8,11H2,1H3. The van der Waals surface area contributed by atoms with Crippen LogP contribution in [0.4, 0.5) is 0 Å². The lowest BCUT2D eigenvalue weighted by atomic mass is 10.1. The summed E-state index contributed by atoms with van der Waals surface area (Å²) in [4.78, 5) is 4.77. The third-order valence-electron chi connectivity index (χ3n) is 4.12. The van der Waals surface area contributed by atoms with Crippen LogP contribution in [0.5, 0.6) is 11.5 Å². The number of pyridine rings is 1. The third-order valence-corrected chi connectivity index (χ3v) is 4.12. The van der Waals surface area contributed by atoms with Crippen LogP contribution in [-0.2, 0) is 13.0 Å². The molecule has 0 saturated heterocycles. The molecular formula is C18H18N2O3. The Balaban J connectivity index is 1.87. The highest BCUT2D eigenvalue weighted by molar-refractivity contribution is 5.69. The maximum atomic E-state index is 9.31. The second kappa shape index (κ2) is 5.59. The lowest BCUT2D eigenvalue weighted by molar-refractivity contribution is 0.171. The molecule has 0 amide bonds. The number of benzene rings is 1. The molecular weight excluding hydrogens is 292 g/mol. The first-order valence-corrected chi connectivity index (χ1v) is 7.81. The monoisotopic (exact) mass is 310 g/mol. The van der Waals surface area contributed by atoms with Crippen LogP contribution in [0.15, 0.2) is 36.5 Å². The van der Waals surface area contributed by atoms with Gasteiger partial charge in [-0.15, -0.1) is 0 Å². The molecule has 2 aromatic heterocycles. The fourth-order valence-corrected chi connectivity index (χ4v) is 3.00. The molecule has 0 spiro atoms. The largest absolute Gasteiger partial charge is 0.486 e. The number of hydrogen-bond acceptors (Lipinski definition) is 4. The lowest BCUT2D eigenvalue weighted by Crippen LogP contribution is -2.15. The minimum Gasteiger partial charge on any atom is -0.486 e. The highest BCUT2D eigenvalue weighted by Crippen LogP contribution is 2.35. The fourth-order valence-electron chi connectivity index (χ4n) is 3.00. The Kier molecular flexibility index (Phi) is 3.42. The van der Waals surface area contributed by atoms with E-state index >= 15 is 0 Å². The average molecular weight is 310 g/mol. The summed E-state index contributed by atoms with van der Waals surface area (Å²) in [6.45, 7) is 3.29. The minimum absolute atomic E-state index is 0.0180. The molecule has 1 N–H and O–H groups in total. The van der Waals surface area contributed by atoms with E-state index in [4.69, 9.17) is 14.5 Å². The van der Waals surface area contributed by atoms with E-state index in [1.165, 1.54) is 0 Å². The Labute approximate surface area is 134 Å². The van der Waals surface area contributed by atoms with Crippen molar-refractivity contribution in [3.05, 3.63) is 47.8 Å². The van der Waals surface area contributed by atoms with Gasteiger partial charge in [0.25, 0.3) is 0 Å². The molecule has 0 atom stereocenters. The van der Waals surface area contributed by atoms with E-state index in [-0.39, 0.29) is 6.61 Å². The number of aliphatic hydroxyl groups is 1. The first-order chi connectivity index (χ1) is 11.3. The van der Waals surface area contributed by atoms with Gasteiger partial charge >= 0.3 is 0 Å². The van der Waals surface area contributed by atoms with Crippen LogP contribution in [0, 0.1) is 0 Å². The van der Waals surface area contributed by atoms with Crippen molar-refractivity contribution < 1.29 is 14.6 Å². The van der Waals surface area contributed by atoms with Crippen molar-refractivity contribution in [1.29, 1.82) is 0 Å². The number of rotatable bonds is 3. The average Bonchev–Trinajstić information content (AvgIpc) is 2.98. The first-order valence-electron chi connectivity index (χ1n) is 7.81. The van der Waals surface area contributed by atoms with Crippen LogP contribution in [-0.4, -0.2) is 27.7 Å². The summed E-state index contributed by atoms with van der Waals surface area (Å²) in [7, 11) is 0. The summed E-state index contributed by atoms with van der Waals surface area (Å²) >= 11 is 0. The summed E-state index contributed by atoms with van der Waals surface area (Å²) in [6, 6.07) is 9.78. The molecule has 5 nitrogen and oxygen atoms in total. The number of aromatic nitrogens is 2. The Bertz CT molecular complexity index is 870. The fraction of sp³-hybridized carbons (Fsp3) is 0.278. The molecule has 5 heteroatoms. The molecule has 23 heavy (non-hydrogen) atoms. The van der Waals surface area contributed by atoms with E-state index in [0.29, 0.717) is 13.2 Å². The van der Waals surface area contributed by atoms with Crippen molar-refractivity contribution in [3.8, 4) is 22.8 Å². The van der Waals surface area contributed by atoms with Crippen molar-refractivity contribution in [2.45, 2.75) is 20.0 Å². The molecule has 0 bridgehead atoms. The van der Waals surface area contributed by atoms with E-state index in [1.54, 1.807) is 0 Å². The van der Waals surface area contributed by atoms with Crippen LogP contribution in [0.3, 0.4) is 0 Å². The van der Waals surface area contributed by atoms with E-state index in [1.807, 2.05) is 36.5 Å². The van der Waals surface area contributed by atoms with Gasteiger partial charge in [0, 0.05) is 11.8 Å². The van der Waals surface area contributed by atoms with Crippen LogP contribution in [0.1, 0.15) is 18.2 Å². The quantitative estimate of drug-likeness (QED) is 0.808. The number of imidazole rings is 1. The molecule has 4 rings (SSSR count). The molecule has 118 valence electrons. The summed E-state index contributed by atoms with van der Waals surface area (Å²) in [5, 5.41) is 9.31. The number of aryl methyl sites for hydroxylation is 1. The Hall–Kier alpha value is -2.53. The molecule has 1 aliphatic rings. The smallest absolute Gasteiger partial charge is 0.162 e. The molecule has 0 unspecified atom stereocenters. The summed E-state index contributed by atoms with van der Waals surface area (Å²) in [5.74, 6) is 1.55. The SMILES string of the molecule is CCc1c(-c2ccc3c(c2)OCCO3)nc2cc(CO)ccn12. The van der Waals surface area contributed by atoms with Gasteiger partial charge < -0.3 is 19.0 Å². The van der Waals surface area contributed by atoms with Crippen LogP contribution < -0.4 is 9.47 Å². The maximum absolute atomic E-state index is 9.31. The van der Waals surface area contributed by atoms with Crippen molar-refractivity contribution in [1.82, 2.24) is 9.38 Å². The lowest BCUT2D eigenvalue weighted by Gasteiger charge is -2.18. The van der Waals surface area contributed by atoms with E-state index in [2.05, 4.69) is 11.3 Å². The zero-order valence-electron chi connectivity index (χ0n) is 13.0. The van der Waals surface area contributed by atoms with Crippen molar-refractivity contribution >= 4 is 5.65 Å². The van der Waals surface area contributed by atoms with Gasteiger partial charge in [0.05, 0.1) is 18.0 Å². The van der Waals surface area contributed by atoms with Gasteiger partial charge in [0.2, 0.25) is 0 Å². The molecule has 3 heterocycles. The van der Waals surface area contributed by atoms with Crippen LogP contribution in [0.2, 0.25) is 0 Å². The Morgan fingerprint density at radius 3 is 2.74 bits per heavy atom. The van der Waals surface area contributed by atoms with E-state index < -0.39 is 0 Å². The highest BCUT2D eigenvalue weighted by atomic mass is 16.6. The van der Waals surface area contributed by atoms with Gasteiger partial charge in [-0.3, -0.25) is 0 Å². The second-order valence-electron chi connectivity index (χ2n) is 5.54. The third kappa shape index (κ3) is 2.33. The van der Waals surface area contributed by atoms with Crippen LogP contribution >= 0.6 is 0 Å². The summed E-state index contributed by atoms with van der Waals surface area (Å²) in [5.41, 5.74) is 4.80. The molecule has 1 aliphatic heterocycles. The van der Waals surface area contributed by atoms with Gasteiger partial charge in [-0.2, -0.15) is 0 Å². The predicted octanol–water partition coefficient (Wildman–Crippen LogP) is 2.83. The molecule has 3 aromatic rings. The maximum Gasteiger partial charge on any atom is 0.162 e. The first kappa shape index (κ1) is 14.1. The number of nitrogens with zero attached hydrogens (tertiary/aromatic N) is 2. The number of fused-ring (bicyclic) bond motifs is 2. The Morgan fingerprint density at radius 2 is 1.96 bits per heavy atom. The van der Waals surface area contributed by atoms with E-state index in [0.717, 1.165) is 46.1 Å². The van der Waals surface area contributed by atoms with Gasteiger partial charge in [0.15, 0.2) is 11.5 Å². The predicted molar refractivity (Wildman–Crippen MR) is 86.9 cm³/mol. The van der Waals surface area contributed by atoms with Crippen molar-refractivity contribution in [2.24, 2.45) is 0 Å². The van der Waals surface area contributed by atoms with E-state index in [9.17, 15) is 5.11 Å². The van der Waals surface area contributed by atoms with Crippen molar-refractivity contribution in [2.75, 3.05) is 13.2 Å². The number of ether oxygens (including phenoxy) is 2. The highest BCUT2D eigenvalue weighted by Gasteiger charge is 2.17. The van der Waals surface area contributed by atoms with Gasteiger partial charge in [-0.05, 0) is 42.3 Å². The Morgan fingerprint density at radius 1 is 1.13 bits per heavy atom. The topological polar surface area (TPSA) is 56.0 Å². The van der Waals surface area contributed by atoms with Gasteiger partial charge in [-0.25, -0.2) is 4.98 Å². The molecule has 0 saturated carbocycles. The van der Waals surface area contributed by atoms with Gasteiger partial charge in [-0.1, -0.05) is 6.92 Å². The zero-order chi connectivity index (χ0) is 15.8. The number of hydrogen-bond donors (Lipinski definition) is 1. The zero-order valence-corrected chi connectivity index (χ0v) is 13.0. The van der Waals surface area contributed by atoms with Crippen molar-refractivity contribution in [3.63, 3.8) is 0 Å². The van der Waals surface area contributed by atoms with Crippen LogP contribution in [0.25, 0.3) is 16.9 Å². The normalized spacial score (nSPS) is 13.5. The molecule has 0 radical (unpaired) electrons. The van der Waals surface area contributed by atoms with Gasteiger partial charge in [0.1, 0.15) is 18.9 Å². The molecule has 1 aromatic carbocycles. The molecule has 0 fully saturated rings. The number of aliphatic hydroxyl groups excluding tert-OH is 1.